The molecule has 2 N–H and O–H groups in total. The molecule has 1 aromatic rings. The van der Waals surface area contributed by atoms with Crippen LogP contribution >= 0.6 is 0 Å². The van der Waals surface area contributed by atoms with Gasteiger partial charge in [-0.1, -0.05) is 30.3 Å². The van der Waals surface area contributed by atoms with Gasteiger partial charge in [-0.05, 0) is 55.4 Å². The normalized spacial score (nSPS) is 39.0. The predicted octanol–water partition coefficient (Wildman–Crippen LogP) is 3.11. The molecular formula is C18H23NO3. The van der Waals surface area contributed by atoms with E-state index in [0.717, 1.165) is 37.7 Å². The third-order valence-corrected chi connectivity index (χ3v) is 5.99. The second-order valence-corrected chi connectivity index (χ2v) is 7.58. The lowest BCUT2D eigenvalue weighted by Crippen LogP contribution is -2.62. The van der Waals surface area contributed by atoms with Gasteiger partial charge in [-0.15, -0.1) is 0 Å². The first kappa shape index (κ1) is 14.1. The van der Waals surface area contributed by atoms with Crippen LogP contribution in [0.5, 0.6) is 0 Å². The van der Waals surface area contributed by atoms with Crippen LogP contribution in [0.15, 0.2) is 30.3 Å². The van der Waals surface area contributed by atoms with Crippen molar-refractivity contribution in [1.29, 1.82) is 0 Å². The number of aliphatic hydroxyl groups is 1. The quantitative estimate of drug-likeness (QED) is 0.902. The molecule has 5 atom stereocenters. The molecule has 4 saturated carbocycles. The van der Waals surface area contributed by atoms with E-state index in [0.29, 0.717) is 24.3 Å². The van der Waals surface area contributed by atoms with Gasteiger partial charge in [-0.3, -0.25) is 0 Å². The molecule has 4 bridgehead atoms. The molecule has 0 radical (unpaired) electrons. The van der Waals surface area contributed by atoms with E-state index in [2.05, 4.69) is 0 Å². The molecule has 4 heteroatoms. The molecule has 4 aliphatic rings. The zero-order chi connectivity index (χ0) is 15.3. The summed E-state index contributed by atoms with van der Waals surface area (Å²) in [6, 6.07) is 9.91. The molecule has 4 nitrogen and oxygen atoms in total. The average Bonchev–Trinajstić information content (AvgIpc) is 2.44. The Morgan fingerprint density at radius 1 is 1.14 bits per heavy atom. The van der Waals surface area contributed by atoms with Crippen molar-refractivity contribution in [3.05, 3.63) is 35.9 Å². The highest BCUT2D eigenvalue weighted by molar-refractivity contribution is 5.65. The van der Waals surface area contributed by atoms with Crippen LogP contribution in [0.3, 0.4) is 0 Å². The molecule has 5 rings (SSSR count). The molecule has 0 aromatic heterocycles. The topological polar surface area (TPSA) is 60.8 Å². The molecule has 1 amide bonds. The number of amides is 1. The number of hydrogen-bond acceptors (Lipinski definition) is 2. The van der Waals surface area contributed by atoms with Gasteiger partial charge in [0.05, 0.1) is 5.60 Å². The maximum absolute atomic E-state index is 11.9. The Labute approximate surface area is 130 Å². The summed E-state index contributed by atoms with van der Waals surface area (Å²) in [4.78, 5) is 13.5. The number of nitrogens with zero attached hydrogens (tertiary/aromatic N) is 1. The van der Waals surface area contributed by atoms with Gasteiger partial charge >= 0.3 is 6.09 Å². The van der Waals surface area contributed by atoms with Crippen LogP contribution in [0.4, 0.5) is 4.79 Å². The van der Waals surface area contributed by atoms with Crippen molar-refractivity contribution in [2.45, 2.75) is 50.3 Å². The van der Waals surface area contributed by atoms with Crippen molar-refractivity contribution in [3.63, 3.8) is 0 Å². The molecule has 4 aliphatic carbocycles. The minimum atomic E-state index is -0.826. The lowest BCUT2D eigenvalue weighted by Gasteiger charge is -2.59. The first-order valence-electron chi connectivity index (χ1n) is 8.30. The Hall–Kier alpha value is -1.55. The summed E-state index contributed by atoms with van der Waals surface area (Å²) in [7, 11) is 0. The zero-order valence-electron chi connectivity index (χ0n) is 12.7. The summed E-state index contributed by atoms with van der Waals surface area (Å²) in [5.74, 6) is 1.26. The van der Waals surface area contributed by atoms with E-state index < -0.39 is 11.7 Å². The van der Waals surface area contributed by atoms with Crippen LogP contribution in [0, 0.1) is 17.8 Å². The summed E-state index contributed by atoms with van der Waals surface area (Å²) >= 11 is 0. The summed E-state index contributed by atoms with van der Waals surface area (Å²) in [5, 5.41) is 20.4. The summed E-state index contributed by atoms with van der Waals surface area (Å²) in [6.07, 6.45) is 3.84. The van der Waals surface area contributed by atoms with Crippen molar-refractivity contribution in [3.8, 4) is 0 Å². The molecule has 0 aliphatic heterocycles. The smallest absolute Gasteiger partial charge is 0.407 e. The van der Waals surface area contributed by atoms with E-state index in [-0.39, 0.29) is 6.04 Å². The van der Waals surface area contributed by atoms with E-state index in [4.69, 9.17) is 0 Å². The monoisotopic (exact) mass is 301 g/mol. The van der Waals surface area contributed by atoms with Gasteiger partial charge in [0.15, 0.2) is 0 Å². The number of rotatable bonds is 3. The van der Waals surface area contributed by atoms with Gasteiger partial charge < -0.3 is 15.1 Å². The van der Waals surface area contributed by atoms with Crippen LogP contribution in [0.25, 0.3) is 0 Å². The Balaban J connectivity index is 1.60. The second-order valence-electron chi connectivity index (χ2n) is 7.58. The van der Waals surface area contributed by atoms with E-state index in [9.17, 15) is 15.0 Å². The Kier molecular flexibility index (Phi) is 3.19. The Morgan fingerprint density at radius 2 is 1.77 bits per heavy atom. The molecule has 4 unspecified atom stereocenters. The van der Waals surface area contributed by atoms with Crippen LogP contribution in [-0.2, 0) is 6.54 Å². The van der Waals surface area contributed by atoms with E-state index in [1.807, 2.05) is 30.3 Å². The van der Waals surface area contributed by atoms with Crippen molar-refractivity contribution in [2.75, 3.05) is 0 Å². The summed E-state index contributed by atoms with van der Waals surface area (Å²) < 4.78 is 0. The molecular weight excluding hydrogens is 278 g/mol. The van der Waals surface area contributed by atoms with E-state index in [1.54, 1.807) is 4.90 Å². The highest BCUT2D eigenvalue weighted by Gasteiger charge is 2.56. The Bertz CT molecular complexity index is 557. The lowest BCUT2D eigenvalue weighted by atomic mass is 9.52. The fourth-order valence-electron chi connectivity index (χ4n) is 5.54. The fourth-order valence-corrected chi connectivity index (χ4v) is 5.54. The summed E-state index contributed by atoms with van der Waals surface area (Å²) in [6.45, 7) is 0.455. The fraction of sp³-hybridized carbons (Fsp3) is 0.611. The molecule has 0 heterocycles. The molecule has 22 heavy (non-hydrogen) atoms. The zero-order valence-corrected chi connectivity index (χ0v) is 12.7. The van der Waals surface area contributed by atoms with Gasteiger partial charge in [0.1, 0.15) is 0 Å². The number of benzene rings is 1. The third-order valence-electron chi connectivity index (χ3n) is 5.99. The second kappa shape index (κ2) is 4.98. The van der Waals surface area contributed by atoms with Gasteiger partial charge in [-0.25, -0.2) is 4.79 Å². The number of hydrogen-bond donors (Lipinski definition) is 2. The minimum Gasteiger partial charge on any atom is -0.465 e. The first-order chi connectivity index (χ1) is 10.5. The van der Waals surface area contributed by atoms with Crippen LogP contribution < -0.4 is 0 Å². The van der Waals surface area contributed by atoms with Gasteiger partial charge in [0.2, 0.25) is 0 Å². The largest absolute Gasteiger partial charge is 0.465 e. The Morgan fingerprint density at radius 3 is 2.32 bits per heavy atom. The van der Waals surface area contributed by atoms with Crippen LogP contribution in [0.2, 0.25) is 0 Å². The van der Waals surface area contributed by atoms with E-state index >= 15 is 0 Å². The van der Waals surface area contributed by atoms with Gasteiger partial charge in [0.25, 0.3) is 0 Å². The number of carboxylic acid groups (broad SMARTS) is 1. The standard InChI is InChI=1S/C18H23NO3/c20-17(21)19(11-12-4-2-1-3-5-12)16-14-6-13-7-15(16)10-18(22,8-13)9-14/h1-5,13-16,22H,6-11H2,(H,20,21)/t13?,14-,15?,16?,18?/m1/s1. The molecule has 0 saturated heterocycles. The van der Waals surface area contributed by atoms with Crippen molar-refractivity contribution >= 4 is 6.09 Å². The SMILES string of the molecule is O=C(O)N(Cc1ccccc1)C1C2CC3C[C@@H]1CC(O)(C3)C2. The van der Waals surface area contributed by atoms with Gasteiger partial charge in [0, 0.05) is 12.6 Å². The molecule has 118 valence electrons. The predicted molar refractivity (Wildman–Crippen MR) is 82.3 cm³/mol. The highest BCUT2D eigenvalue weighted by atomic mass is 16.4. The van der Waals surface area contributed by atoms with Crippen molar-refractivity contribution in [2.24, 2.45) is 17.8 Å². The minimum absolute atomic E-state index is 0.0783. The third kappa shape index (κ3) is 2.30. The number of carbonyl (C=O) groups is 1. The molecule has 1 aromatic carbocycles. The first-order valence-corrected chi connectivity index (χ1v) is 8.30. The van der Waals surface area contributed by atoms with Gasteiger partial charge in [-0.2, -0.15) is 0 Å². The van der Waals surface area contributed by atoms with Crippen LogP contribution in [0.1, 0.15) is 37.7 Å². The maximum Gasteiger partial charge on any atom is 0.407 e. The highest BCUT2D eigenvalue weighted by Crippen LogP contribution is 2.57. The summed E-state index contributed by atoms with van der Waals surface area (Å²) in [5.41, 5.74) is 0.529. The van der Waals surface area contributed by atoms with Crippen molar-refractivity contribution in [1.82, 2.24) is 4.90 Å². The molecule has 0 spiro atoms. The maximum atomic E-state index is 11.9. The van der Waals surface area contributed by atoms with Crippen LogP contribution in [-0.4, -0.2) is 32.8 Å². The lowest BCUT2D eigenvalue weighted by molar-refractivity contribution is -0.156. The van der Waals surface area contributed by atoms with Crippen molar-refractivity contribution < 1.29 is 15.0 Å². The average molecular weight is 301 g/mol. The van der Waals surface area contributed by atoms with E-state index in [1.165, 1.54) is 0 Å². The molecule has 4 fully saturated rings.